The summed E-state index contributed by atoms with van der Waals surface area (Å²) in [5.74, 6) is 1.42. The molecule has 20 heavy (non-hydrogen) atoms. The summed E-state index contributed by atoms with van der Waals surface area (Å²) in [6.07, 6.45) is 3.54. The summed E-state index contributed by atoms with van der Waals surface area (Å²) in [6.45, 7) is 2.06. The topological polar surface area (TPSA) is 27.1 Å². The van der Waals surface area contributed by atoms with Crippen LogP contribution in [0.2, 0.25) is 5.02 Å². The van der Waals surface area contributed by atoms with Crippen molar-refractivity contribution in [3.63, 3.8) is 0 Å². The van der Waals surface area contributed by atoms with Crippen molar-refractivity contribution in [2.24, 2.45) is 0 Å². The molecule has 0 saturated carbocycles. The van der Waals surface area contributed by atoms with Gasteiger partial charge in [-0.3, -0.25) is 0 Å². The predicted octanol–water partition coefficient (Wildman–Crippen LogP) is 4.63. The largest absolute Gasteiger partial charge is 0.454 e. The van der Waals surface area contributed by atoms with Crippen LogP contribution in [-0.2, 0) is 0 Å². The molecule has 0 bridgehead atoms. The van der Waals surface area contributed by atoms with Gasteiger partial charge in [-0.25, -0.2) is 4.68 Å². The highest BCUT2D eigenvalue weighted by Gasteiger charge is 2.03. The molecule has 3 aromatic rings. The lowest BCUT2D eigenvalue weighted by Crippen LogP contribution is -1.93. The first kappa shape index (κ1) is 12.8. The maximum absolute atomic E-state index is 5.84. The zero-order valence-electron chi connectivity index (χ0n) is 11.0. The van der Waals surface area contributed by atoms with Crippen LogP contribution < -0.4 is 4.74 Å². The molecule has 0 unspecified atom stereocenters. The highest BCUT2D eigenvalue weighted by molar-refractivity contribution is 6.30. The molecular formula is C16H13ClN2O. The Labute approximate surface area is 122 Å². The van der Waals surface area contributed by atoms with Crippen LogP contribution in [0.4, 0.5) is 0 Å². The number of nitrogens with zero attached hydrogens (tertiary/aromatic N) is 2. The van der Waals surface area contributed by atoms with Crippen molar-refractivity contribution in [2.45, 2.75) is 6.92 Å². The first-order valence-electron chi connectivity index (χ1n) is 6.26. The fourth-order valence-electron chi connectivity index (χ4n) is 1.84. The third-order valence-electron chi connectivity index (χ3n) is 2.91. The van der Waals surface area contributed by atoms with Crippen LogP contribution in [0.15, 0.2) is 60.9 Å². The second-order valence-corrected chi connectivity index (χ2v) is 4.95. The van der Waals surface area contributed by atoms with E-state index in [1.807, 2.05) is 30.5 Å². The van der Waals surface area contributed by atoms with E-state index >= 15 is 0 Å². The highest BCUT2D eigenvalue weighted by Crippen LogP contribution is 2.23. The maximum Gasteiger partial charge on any atom is 0.165 e. The molecule has 3 rings (SSSR count). The summed E-state index contributed by atoms with van der Waals surface area (Å²) in [4.78, 5) is 0. The molecule has 0 radical (unpaired) electrons. The average Bonchev–Trinajstić information content (AvgIpc) is 2.91. The van der Waals surface area contributed by atoms with Gasteiger partial charge in [-0.05, 0) is 43.3 Å². The number of benzene rings is 2. The Bertz CT molecular complexity index is 702. The fourth-order valence-corrected chi connectivity index (χ4v) is 1.96. The second kappa shape index (κ2) is 5.39. The summed E-state index contributed by atoms with van der Waals surface area (Å²) in [7, 11) is 0. The number of halogens is 1. The molecule has 4 heteroatoms. The van der Waals surface area contributed by atoms with Crippen LogP contribution in [0.3, 0.4) is 0 Å². The first-order chi connectivity index (χ1) is 9.70. The molecule has 0 atom stereocenters. The van der Waals surface area contributed by atoms with Crippen molar-refractivity contribution in [1.82, 2.24) is 9.78 Å². The molecule has 0 N–H and O–H groups in total. The SMILES string of the molecule is Cc1ccc(-n2cc(Oc3ccc(Cl)cc3)cn2)cc1. The van der Waals surface area contributed by atoms with Crippen molar-refractivity contribution in [3.8, 4) is 17.2 Å². The Morgan fingerprint density at radius 1 is 0.950 bits per heavy atom. The molecule has 0 aliphatic carbocycles. The number of aryl methyl sites for hydroxylation is 1. The normalized spacial score (nSPS) is 10.5. The smallest absolute Gasteiger partial charge is 0.165 e. The molecule has 1 aromatic heterocycles. The van der Waals surface area contributed by atoms with Crippen LogP contribution in [-0.4, -0.2) is 9.78 Å². The van der Waals surface area contributed by atoms with E-state index in [0.29, 0.717) is 10.8 Å². The number of rotatable bonds is 3. The van der Waals surface area contributed by atoms with Gasteiger partial charge in [-0.1, -0.05) is 29.3 Å². The van der Waals surface area contributed by atoms with Gasteiger partial charge in [0, 0.05) is 5.02 Å². The Balaban J connectivity index is 1.80. The molecule has 2 aromatic carbocycles. The minimum atomic E-state index is 0.688. The molecule has 0 aliphatic heterocycles. The van der Waals surface area contributed by atoms with E-state index in [-0.39, 0.29) is 0 Å². The van der Waals surface area contributed by atoms with Gasteiger partial charge < -0.3 is 4.74 Å². The zero-order valence-corrected chi connectivity index (χ0v) is 11.7. The van der Waals surface area contributed by atoms with Crippen molar-refractivity contribution in [1.29, 1.82) is 0 Å². The lowest BCUT2D eigenvalue weighted by atomic mass is 10.2. The summed E-state index contributed by atoms with van der Waals surface area (Å²) in [5, 5.41) is 4.98. The summed E-state index contributed by atoms with van der Waals surface area (Å²) in [5.41, 5.74) is 2.22. The van der Waals surface area contributed by atoms with Crippen molar-refractivity contribution in [2.75, 3.05) is 0 Å². The molecule has 0 aliphatic rings. The molecule has 0 spiro atoms. The van der Waals surface area contributed by atoms with Crippen LogP contribution in [0.25, 0.3) is 5.69 Å². The fraction of sp³-hybridized carbons (Fsp3) is 0.0625. The van der Waals surface area contributed by atoms with Gasteiger partial charge in [-0.2, -0.15) is 5.10 Å². The van der Waals surface area contributed by atoms with Crippen molar-refractivity contribution in [3.05, 3.63) is 71.5 Å². The number of hydrogen-bond donors (Lipinski definition) is 0. The summed E-state index contributed by atoms with van der Waals surface area (Å²) < 4.78 is 7.50. The van der Waals surface area contributed by atoms with E-state index in [9.17, 15) is 0 Å². The first-order valence-corrected chi connectivity index (χ1v) is 6.64. The molecule has 100 valence electrons. The van der Waals surface area contributed by atoms with Crippen LogP contribution in [0, 0.1) is 6.92 Å². The molecule has 0 amide bonds. The summed E-state index contributed by atoms with van der Waals surface area (Å²) in [6, 6.07) is 15.4. The van der Waals surface area contributed by atoms with Gasteiger partial charge in [0.25, 0.3) is 0 Å². The minimum Gasteiger partial charge on any atom is -0.454 e. The monoisotopic (exact) mass is 284 g/mol. The Morgan fingerprint density at radius 2 is 1.65 bits per heavy atom. The van der Waals surface area contributed by atoms with Crippen LogP contribution in [0.1, 0.15) is 5.56 Å². The standard InChI is InChI=1S/C16H13ClN2O/c1-12-2-6-14(7-3-12)19-11-16(10-18-19)20-15-8-4-13(17)5-9-15/h2-11H,1H3. The van der Waals surface area contributed by atoms with Gasteiger partial charge in [0.1, 0.15) is 5.75 Å². The molecule has 0 saturated heterocycles. The van der Waals surface area contributed by atoms with Crippen molar-refractivity contribution >= 4 is 11.6 Å². The minimum absolute atomic E-state index is 0.688. The lowest BCUT2D eigenvalue weighted by Gasteiger charge is -2.03. The van der Waals surface area contributed by atoms with E-state index in [1.165, 1.54) is 5.56 Å². The molecule has 1 heterocycles. The average molecular weight is 285 g/mol. The maximum atomic E-state index is 5.84. The third-order valence-corrected chi connectivity index (χ3v) is 3.16. The third kappa shape index (κ3) is 2.83. The van der Waals surface area contributed by atoms with E-state index in [4.69, 9.17) is 16.3 Å². The van der Waals surface area contributed by atoms with E-state index in [1.54, 1.807) is 23.0 Å². The van der Waals surface area contributed by atoms with E-state index in [0.717, 1.165) is 11.4 Å². The van der Waals surface area contributed by atoms with Gasteiger partial charge in [0.05, 0.1) is 18.1 Å². The number of aromatic nitrogens is 2. The molecular weight excluding hydrogens is 272 g/mol. The van der Waals surface area contributed by atoms with Crippen LogP contribution >= 0.6 is 11.6 Å². The number of hydrogen-bond acceptors (Lipinski definition) is 2. The second-order valence-electron chi connectivity index (χ2n) is 4.51. The van der Waals surface area contributed by atoms with Gasteiger partial charge in [0.15, 0.2) is 5.75 Å². The Kier molecular flexibility index (Phi) is 3.44. The quantitative estimate of drug-likeness (QED) is 0.701. The molecule has 0 fully saturated rings. The van der Waals surface area contributed by atoms with Gasteiger partial charge >= 0.3 is 0 Å². The zero-order chi connectivity index (χ0) is 13.9. The van der Waals surface area contributed by atoms with Gasteiger partial charge in [0.2, 0.25) is 0 Å². The molecule has 3 nitrogen and oxygen atoms in total. The lowest BCUT2D eigenvalue weighted by molar-refractivity contribution is 0.482. The Hall–Kier alpha value is -2.26. The highest BCUT2D eigenvalue weighted by atomic mass is 35.5. The van der Waals surface area contributed by atoms with E-state index < -0.39 is 0 Å². The summed E-state index contributed by atoms with van der Waals surface area (Å²) >= 11 is 5.84. The predicted molar refractivity (Wildman–Crippen MR) is 79.8 cm³/mol. The van der Waals surface area contributed by atoms with Gasteiger partial charge in [-0.15, -0.1) is 0 Å². The van der Waals surface area contributed by atoms with Crippen LogP contribution in [0.5, 0.6) is 11.5 Å². The van der Waals surface area contributed by atoms with Crippen molar-refractivity contribution < 1.29 is 4.74 Å². The number of ether oxygens (including phenoxy) is 1. The van der Waals surface area contributed by atoms with E-state index in [2.05, 4.69) is 24.2 Å². The Morgan fingerprint density at radius 3 is 2.35 bits per heavy atom.